The van der Waals surface area contributed by atoms with Crippen molar-refractivity contribution in [3.8, 4) is 5.82 Å². The van der Waals surface area contributed by atoms with Crippen LogP contribution in [0.3, 0.4) is 0 Å². The average molecular weight is 308 g/mol. The summed E-state index contributed by atoms with van der Waals surface area (Å²) < 4.78 is 15.9. The Labute approximate surface area is 134 Å². The Balaban J connectivity index is 1.41. The Morgan fingerprint density at radius 2 is 2.13 bits per heavy atom. The minimum atomic E-state index is -0.105. The van der Waals surface area contributed by atoms with Crippen LogP contribution in [0.2, 0.25) is 0 Å². The fourth-order valence-electron chi connectivity index (χ4n) is 2.64. The fourth-order valence-corrected chi connectivity index (χ4v) is 2.64. The third kappa shape index (κ3) is 3.08. The third-order valence-corrected chi connectivity index (χ3v) is 4.09. The lowest BCUT2D eigenvalue weighted by Crippen LogP contribution is -2.02. The van der Waals surface area contributed by atoms with E-state index in [0.717, 1.165) is 35.5 Å². The van der Waals surface area contributed by atoms with Gasteiger partial charge < -0.3 is 5.32 Å². The van der Waals surface area contributed by atoms with Gasteiger partial charge in [-0.25, -0.2) is 14.4 Å². The number of halogens is 1. The molecule has 3 aromatic rings. The molecule has 1 N–H and O–H groups in total. The molecule has 1 aliphatic rings. The summed E-state index contributed by atoms with van der Waals surface area (Å²) in [6.07, 6.45) is 9.32. The molecule has 0 spiro atoms. The van der Waals surface area contributed by atoms with Crippen LogP contribution in [0, 0.1) is 5.82 Å². The third-order valence-electron chi connectivity index (χ3n) is 4.09. The van der Waals surface area contributed by atoms with Crippen LogP contribution in [-0.4, -0.2) is 14.5 Å². The number of nitrogens with one attached hydrogen (secondary N) is 1. The number of pyridine rings is 1. The molecule has 0 radical (unpaired) electrons. The summed E-state index contributed by atoms with van der Waals surface area (Å²) in [5.74, 6) is 1.15. The zero-order chi connectivity index (χ0) is 15.6. The van der Waals surface area contributed by atoms with Gasteiger partial charge in [-0.05, 0) is 48.1 Å². The van der Waals surface area contributed by atoms with Crippen molar-refractivity contribution in [2.75, 3.05) is 5.32 Å². The summed E-state index contributed by atoms with van der Waals surface area (Å²) in [4.78, 5) is 8.41. The molecular weight excluding hydrogens is 291 g/mol. The van der Waals surface area contributed by atoms with Crippen molar-refractivity contribution in [2.24, 2.45) is 0 Å². The van der Waals surface area contributed by atoms with E-state index in [-0.39, 0.29) is 5.82 Å². The Bertz CT molecular complexity index is 792. The van der Waals surface area contributed by atoms with E-state index >= 15 is 0 Å². The topological polar surface area (TPSA) is 42.7 Å². The zero-order valence-corrected chi connectivity index (χ0v) is 12.6. The molecule has 2 aromatic heterocycles. The van der Waals surface area contributed by atoms with Gasteiger partial charge in [0, 0.05) is 30.8 Å². The van der Waals surface area contributed by atoms with E-state index in [1.807, 2.05) is 41.2 Å². The minimum absolute atomic E-state index is 0.105. The molecule has 1 aliphatic carbocycles. The highest BCUT2D eigenvalue weighted by atomic mass is 19.1. The molecule has 0 amide bonds. The number of rotatable bonds is 5. The van der Waals surface area contributed by atoms with Crippen LogP contribution >= 0.6 is 0 Å². The number of anilines is 1. The molecule has 0 atom stereocenters. The first kappa shape index (κ1) is 13.9. The molecule has 4 rings (SSSR count). The van der Waals surface area contributed by atoms with Crippen LogP contribution in [0.25, 0.3) is 5.82 Å². The fraction of sp³-hybridized carbons (Fsp3) is 0.222. The smallest absolute Gasteiger partial charge is 0.137 e. The molecule has 1 saturated carbocycles. The first-order chi connectivity index (χ1) is 11.3. The van der Waals surface area contributed by atoms with Crippen LogP contribution in [0.15, 0.2) is 55.2 Å². The monoisotopic (exact) mass is 308 g/mol. The maximum Gasteiger partial charge on any atom is 0.137 e. The first-order valence-corrected chi connectivity index (χ1v) is 7.76. The number of benzene rings is 1. The highest BCUT2D eigenvalue weighted by Gasteiger charge is 2.26. The Hall–Kier alpha value is -2.69. The summed E-state index contributed by atoms with van der Waals surface area (Å²) in [5.41, 5.74) is 2.69. The zero-order valence-electron chi connectivity index (χ0n) is 12.6. The van der Waals surface area contributed by atoms with Crippen LogP contribution < -0.4 is 5.32 Å². The number of nitrogens with zero attached hydrogens (tertiary/aromatic N) is 3. The summed E-state index contributed by atoms with van der Waals surface area (Å²) in [6.45, 7) is 0.611. The maximum absolute atomic E-state index is 14.0. The Kier molecular flexibility index (Phi) is 3.54. The summed E-state index contributed by atoms with van der Waals surface area (Å²) in [7, 11) is 0. The SMILES string of the molecule is Fc1cc(NCc2ccc(-n3ccnc3)nc2)ccc1C1CC1. The van der Waals surface area contributed by atoms with Gasteiger partial charge in [-0.15, -0.1) is 0 Å². The van der Waals surface area contributed by atoms with Gasteiger partial charge in [0.1, 0.15) is 18.0 Å². The van der Waals surface area contributed by atoms with Gasteiger partial charge in [-0.3, -0.25) is 4.57 Å². The normalized spacial score (nSPS) is 14.0. The first-order valence-electron chi connectivity index (χ1n) is 7.76. The van der Waals surface area contributed by atoms with Crippen molar-refractivity contribution in [3.63, 3.8) is 0 Å². The quantitative estimate of drug-likeness (QED) is 0.777. The standard InChI is InChI=1S/C18H17FN4/c19-17-9-15(4-5-16(17)14-2-3-14)21-10-13-1-6-18(22-11-13)23-8-7-20-12-23/h1,4-9,11-12,14,21H,2-3,10H2. The van der Waals surface area contributed by atoms with E-state index in [2.05, 4.69) is 15.3 Å². The average Bonchev–Trinajstić information content (AvgIpc) is 3.27. The van der Waals surface area contributed by atoms with E-state index in [4.69, 9.17) is 0 Å². The molecule has 4 nitrogen and oxygen atoms in total. The number of imidazole rings is 1. The number of hydrogen-bond acceptors (Lipinski definition) is 3. The highest BCUT2D eigenvalue weighted by molar-refractivity contribution is 5.47. The molecule has 0 unspecified atom stereocenters. The van der Waals surface area contributed by atoms with Gasteiger partial charge in [0.25, 0.3) is 0 Å². The molecular formula is C18H17FN4. The second-order valence-corrected chi connectivity index (χ2v) is 5.86. The van der Waals surface area contributed by atoms with Crippen molar-refractivity contribution in [2.45, 2.75) is 25.3 Å². The van der Waals surface area contributed by atoms with Crippen molar-refractivity contribution in [3.05, 3.63) is 72.2 Å². The van der Waals surface area contributed by atoms with Gasteiger partial charge >= 0.3 is 0 Å². The molecule has 116 valence electrons. The highest BCUT2D eigenvalue weighted by Crippen LogP contribution is 2.41. The van der Waals surface area contributed by atoms with E-state index < -0.39 is 0 Å². The largest absolute Gasteiger partial charge is 0.381 e. The molecule has 5 heteroatoms. The van der Waals surface area contributed by atoms with Crippen molar-refractivity contribution >= 4 is 5.69 Å². The van der Waals surface area contributed by atoms with Gasteiger partial charge in [0.05, 0.1) is 0 Å². The maximum atomic E-state index is 14.0. The predicted molar refractivity (Wildman–Crippen MR) is 87.1 cm³/mol. The lowest BCUT2D eigenvalue weighted by atomic mass is 10.1. The van der Waals surface area contributed by atoms with Crippen molar-refractivity contribution in [1.82, 2.24) is 14.5 Å². The minimum Gasteiger partial charge on any atom is -0.381 e. The Morgan fingerprint density at radius 1 is 1.22 bits per heavy atom. The second kappa shape index (κ2) is 5.83. The van der Waals surface area contributed by atoms with Crippen molar-refractivity contribution < 1.29 is 4.39 Å². The molecule has 1 aromatic carbocycles. The van der Waals surface area contributed by atoms with E-state index in [1.165, 1.54) is 0 Å². The molecule has 1 fully saturated rings. The number of hydrogen-bond donors (Lipinski definition) is 1. The van der Waals surface area contributed by atoms with E-state index in [1.54, 1.807) is 18.6 Å². The van der Waals surface area contributed by atoms with E-state index in [0.29, 0.717) is 12.5 Å². The van der Waals surface area contributed by atoms with Gasteiger partial charge in [-0.2, -0.15) is 0 Å². The lowest BCUT2D eigenvalue weighted by Gasteiger charge is -2.09. The molecule has 2 heterocycles. The summed E-state index contributed by atoms with van der Waals surface area (Å²) in [6, 6.07) is 9.38. The van der Waals surface area contributed by atoms with Gasteiger partial charge in [-0.1, -0.05) is 12.1 Å². The summed E-state index contributed by atoms with van der Waals surface area (Å²) >= 11 is 0. The van der Waals surface area contributed by atoms with Crippen LogP contribution in [0.5, 0.6) is 0 Å². The summed E-state index contributed by atoms with van der Waals surface area (Å²) in [5, 5.41) is 3.24. The number of aromatic nitrogens is 3. The Morgan fingerprint density at radius 3 is 2.78 bits per heavy atom. The van der Waals surface area contributed by atoms with E-state index in [9.17, 15) is 4.39 Å². The van der Waals surface area contributed by atoms with Gasteiger partial charge in [0.2, 0.25) is 0 Å². The molecule has 23 heavy (non-hydrogen) atoms. The predicted octanol–water partition coefficient (Wildman–Crippen LogP) is 3.90. The van der Waals surface area contributed by atoms with Crippen LogP contribution in [-0.2, 0) is 6.54 Å². The van der Waals surface area contributed by atoms with Crippen LogP contribution in [0.1, 0.15) is 29.9 Å². The lowest BCUT2D eigenvalue weighted by molar-refractivity contribution is 0.611. The second-order valence-electron chi connectivity index (χ2n) is 5.86. The molecule has 0 bridgehead atoms. The molecule has 0 saturated heterocycles. The van der Waals surface area contributed by atoms with Gasteiger partial charge in [0.15, 0.2) is 0 Å². The van der Waals surface area contributed by atoms with Crippen LogP contribution in [0.4, 0.5) is 10.1 Å². The molecule has 0 aliphatic heterocycles. The van der Waals surface area contributed by atoms with Crippen molar-refractivity contribution in [1.29, 1.82) is 0 Å².